The van der Waals surface area contributed by atoms with Gasteiger partial charge in [0.1, 0.15) is 12.3 Å². The SMILES string of the molecule is COc1ccc(CN(C)C(=O)CN(c2cccc(Cl)c2Cl)S(=O)(=O)c2ccccc2)cc1. The normalized spacial score (nSPS) is 11.1. The Morgan fingerprint density at radius 3 is 2.22 bits per heavy atom. The maximum atomic E-state index is 13.4. The zero-order valence-electron chi connectivity index (χ0n) is 17.5. The van der Waals surface area contributed by atoms with E-state index in [-0.39, 0.29) is 20.6 Å². The first kappa shape index (κ1) is 23.9. The van der Waals surface area contributed by atoms with Crippen LogP contribution in [0.2, 0.25) is 10.0 Å². The molecule has 0 aromatic heterocycles. The van der Waals surface area contributed by atoms with Gasteiger partial charge in [0.2, 0.25) is 5.91 Å². The van der Waals surface area contributed by atoms with Crippen LogP contribution < -0.4 is 9.04 Å². The Balaban J connectivity index is 1.91. The molecule has 0 aliphatic heterocycles. The first-order valence-electron chi connectivity index (χ1n) is 9.62. The molecule has 3 aromatic rings. The molecule has 0 atom stereocenters. The van der Waals surface area contributed by atoms with E-state index >= 15 is 0 Å². The lowest BCUT2D eigenvalue weighted by molar-refractivity contribution is -0.128. The lowest BCUT2D eigenvalue weighted by Gasteiger charge is -2.27. The summed E-state index contributed by atoms with van der Waals surface area (Å²) in [5.74, 6) is 0.301. The van der Waals surface area contributed by atoms with Crippen molar-refractivity contribution < 1.29 is 17.9 Å². The van der Waals surface area contributed by atoms with Crippen LogP contribution in [0.3, 0.4) is 0 Å². The Morgan fingerprint density at radius 2 is 1.59 bits per heavy atom. The lowest BCUT2D eigenvalue weighted by atomic mass is 10.2. The minimum absolute atomic E-state index is 0.0432. The maximum Gasteiger partial charge on any atom is 0.264 e. The van der Waals surface area contributed by atoms with Crippen molar-refractivity contribution in [3.05, 3.63) is 88.4 Å². The predicted molar refractivity (Wildman–Crippen MR) is 127 cm³/mol. The minimum atomic E-state index is -4.08. The van der Waals surface area contributed by atoms with E-state index in [4.69, 9.17) is 27.9 Å². The molecule has 168 valence electrons. The zero-order valence-corrected chi connectivity index (χ0v) is 19.9. The summed E-state index contributed by atoms with van der Waals surface area (Å²) in [4.78, 5) is 14.5. The molecule has 0 aliphatic carbocycles. The molecule has 0 fully saturated rings. The molecular formula is C23H22Cl2N2O4S. The molecular weight excluding hydrogens is 471 g/mol. The van der Waals surface area contributed by atoms with Crippen molar-refractivity contribution in [2.75, 3.05) is 25.0 Å². The summed E-state index contributed by atoms with van der Waals surface area (Å²) in [7, 11) is -0.890. The highest BCUT2D eigenvalue weighted by Crippen LogP contribution is 2.35. The average molecular weight is 493 g/mol. The number of amides is 1. The molecule has 1 amide bonds. The Hall–Kier alpha value is -2.74. The molecule has 0 bridgehead atoms. The van der Waals surface area contributed by atoms with Gasteiger partial charge in [-0.15, -0.1) is 0 Å². The van der Waals surface area contributed by atoms with Crippen molar-refractivity contribution in [3.8, 4) is 5.75 Å². The summed E-state index contributed by atoms with van der Waals surface area (Å²) in [6, 6.07) is 19.8. The molecule has 6 nitrogen and oxygen atoms in total. The fourth-order valence-electron chi connectivity index (χ4n) is 3.04. The van der Waals surface area contributed by atoms with Crippen LogP contribution in [0.5, 0.6) is 5.75 Å². The summed E-state index contributed by atoms with van der Waals surface area (Å²) in [6.07, 6.45) is 0. The molecule has 0 saturated heterocycles. The van der Waals surface area contributed by atoms with Crippen LogP contribution in [0.4, 0.5) is 5.69 Å². The largest absolute Gasteiger partial charge is 0.497 e. The van der Waals surface area contributed by atoms with E-state index in [1.807, 2.05) is 12.1 Å². The lowest BCUT2D eigenvalue weighted by Crippen LogP contribution is -2.41. The number of hydrogen-bond donors (Lipinski definition) is 0. The molecule has 3 aromatic carbocycles. The van der Waals surface area contributed by atoms with Crippen molar-refractivity contribution in [1.29, 1.82) is 0 Å². The van der Waals surface area contributed by atoms with E-state index in [1.165, 1.54) is 23.1 Å². The minimum Gasteiger partial charge on any atom is -0.497 e. The fraction of sp³-hybridized carbons (Fsp3) is 0.174. The predicted octanol–water partition coefficient (Wildman–Crippen LogP) is 4.86. The van der Waals surface area contributed by atoms with E-state index in [9.17, 15) is 13.2 Å². The van der Waals surface area contributed by atoms with Gasteiger partial charge in [-0.05, 0) is 42.0 Å². The first-order chi connectivity index (χ1) is 15.2. The molecule has 0 aliphatic rings. The molecule has 0 saturated carbocycles. The topological polar surface area (TPSA) is 66.9 Å². The molecule has 0 radical (unpaired) electrons. The fourth-order valence-corrected chi connectivity index (χ4v) is 4.94. The van der Waals surface area contributed by atoms with Crippen molar-refractivity contribution >= 4 is 44.8 Å². The van der Waals surface area contributed by atoms with Gasteiger partial charge >= 0.3 is 0 Å². The highest BCUT2D eigenvalue weighted by atomic mass is 35.5. The molecule has 0 heterocycles. The van der Waals surface area contributed by atoms with Gasteiger partial charge in [0.15, 0.2) is 0 Å². The number of sulfonamides is 1. The van der Waals surface area contributed by atoms with E-state index < -0.39 is 22.5 Å². The highest BCUT2D eigenvalue weighted by Gasteiger charge is 2.30. The standard InChI is InChI=1S/C23H22Cl2N2O4S/c1-26(15-17-11-13-18(31-2)14-12-17)22(28)16-27(21-10-6-9-20(24)23(21)25)32(29,30)19-7-4-3-5-8-19/h3-14H,15-16H2,1-2H3. The second-order valence-corrected chi connectivity index (χ2v) is 9.64. The Morgan fingerprint density at radius 1 is 0.938 bits per heavy atom. The summed E-state index contributed by atoms with van der Waals surface area (Å²) < 4.78 is 33.0. The Kier molecular flexibility index (Phi) is 7.66. The van der Waals surface area contributed by atoms with Crippen molar-refractivity contribution in [3.63, 3.8) is 0 Å². The zero-order chi connectivity index (χ0) is 23.3. The van der Waals surface area contributed by atoms with E-state index in [1.54, 1.807) is 56.6 Å². The third-order valence-corrected chi connectivity index (χ3v) is 7.40. The van der Waals surface area contributed by atoms with Crippen molar-refractivity contribution in [1.82, 2.24) is 4.90 Å². The molecule has 9 heteroatoms. The molecule has 3 rings (SSSR count). The van der Waals surface area contributed by atoms with Gasteiger partial charge in [-0.2, -0.15) is 0 Å². The number of ether oxygens (including phenoxy) is 1. The summed E-state index contributed by atoms with van der Waals surface area (Å²) in [5.41, 5.74) is 1.01. The molecule has 0 N–H and O–H groups in total. The number of likely N-dealkylation sites (N-methyl/N-ethyl adjacent to an activating group) is 1. The maximum absolute atomic E-state index is 13.4. The van der Waals surface area contributed by atoms with E-state index in [0.717, 1.165) is 9.87 Å². The number of anilines is 1. The van der Waals surface area contributed by atoms with Crippen LogP contribution in [-0.4, -0.2) is 39.9 Å². The third kappa shape index (κ3) is 5.35. The quantitative estimate of drug-likeness (QED) is 0.450. The van der Waals surface area contributed by atoms with Crippen LogP contribution in [-0.2, 0) is 21.4 Å². The summed E-state index contributed by atoms with van der Waals surface area (Å²) in [6.45, 7) is -0.144. The van der Waals surface area contributed by atoms with E-state index in [2.05, 4.69) is 0 Å². The number of carbonyl (C=O) groups is 1. The van der Waals surface area contributed by atoms with Gasteiger partial charge in [-0.25, -0.2) is 8.42 Å². The van der Waals surface area contributed by atoms with Crippen molar-refractivity contribution in [2.45, 2.75) is 11.4 Å². The number of carbonyl (C=O) groups excluding carboxylic acids is 1. The van der Waals surface area contributed by atoms with Crippen LogP contribution in [0, 0.1) is 0 Å². The summed E-state index contributed by atoms with van der Waals surface area (Å²) in [5, 5.41) is 0.246. The molecule has 0 unspecified atom stereocenters. The number of benzene rings is 3. The van der Waals surface area contributed by atoms with Crippen LogP contribution in [0.15, 0.2) is 77.7 Å². The smallest absolute Gasteiger partial charge is 0.264 e. The van der Waals surface area contributed by atoms with Crippen LogP contribution in [0.1, 0.15) is 5.56 Å². The van der Waals surface area contributed by atoms with Gasteiger partial charge in [0, 0.05) is 13.6 Å². The van der Waals surface area contributed by atoms with Crippen LogP contribution in [0.25, 0.3) is 0 Å². The monoisotopic (exact) mass is 492 g/mol. The van der Waals surface area contributed by atoms with Gasteiger partial charge in [-0.1, -0.05) is 59.6 Å². The van der Waals surface area contributed by atoms with Gasteiger partial charge in [-0.3, -0.25) is 9.10 Å². The third-order valence-electron chi connectivity index (χ3n) is 4.81. The van der Waals surface area contributed by atoms with Gasteiger partial charge in [0.05, 0.1) is 27.7 Å². The molecule has 32 heavy (non-hydrogen) atoms. The van der Waals surface area contributed by atoms with Crippen molar-refractivity contribution in [2.24, 2.45) is 0 Å². The number of nitrogens with zero attached hydrogens (tertiary/aromatic N) is 2. The van der Waals surface area contributed by atoms with Crippen LogP contribution >= 0.6 is 23.2 Å². The second-order valence-electron chi connectivity index (χ2n) is 7.00. The average Bonchev–Trinajstić information content (AvgIpc) is 2.80. The summed E-state index contributed by atoms with van der Waals surface area (Å²) >= 11 is 12.5. The first-order valence-corrected chi connectivity index (χ1v) is 11.8. The molecule has 0 spiro atoms. The number of methoxy groups -OCH3 is 1. The Labute approximate surface area is 198 Å². The number of halogens is 2. The van der Waals surface area contributed by atoms with Gasteiger partial charge in [0.25, 0.3) is 10.0 Å². The van der Waals surface area contributed by atoms with E-state index in [0.29, 0.717) is 12.3 Å². The highest BCUT2D eigenvalue weighted by molar-refractivity contribution is 7.92. The Bertz CT molecular complexity index is 1190. The number of rotatable bonds is 8. The number of hydrogen-bond acceptors (Lipinski definition) is 4. The van der Waals surface area contributed by atoms with Gasteiger partial charge < -0.3 is 9.64 Å². The second kappa shape index (κ2) is 10.3.